The number of ether oxygens (including phenoxy) is 2. The van der Waals surface area contributed by atoms with Gasteiger partial charge in [-0.05, 0) is 56.2 Å². The number of benzene rings is 2. The molecule has 1 atom stereocenters. The Morgan fingerprint density at radius 2 is 1.69 bits per heavy atom. The standard InChI is InChI=1S/C25H34ClN3O6S/c1-7-22(25(31)27-17(2)3)28(15-18-8-11-20(34-4)12-9-18)24(30)16-29(36(6,32)33)19-10-13-23(35-5)21(26)14-19/h8-14,17,22H,7,15-16H2,1-6H3,(H,27,31)/t22-/m0/s1. The van der Waals surface area contributed by atoms with Crippen LogP contribution in [-0.4, -0.2) is 64.2 Å². The zero-order valence-corrected chi connectivity index (χ0v) is 23.0. The van der Waals surface area contributed by atoms with Crippen LogP contribution in [0, 0.1) is 0 Å². The molecule has 0 fully saturated rings. The lowest BCUT2D eigenvalue weighted by Crippen LogP contribution is -2.53. The van der Waals surface area contributed by atoms with Gasteiger partial charge in [-0.1, -0.05) is 30.7 Å². The van der Waals surface area contributed by atoms with E-state index in [1.54, 1.807) is 38.3 Å². The number of sulfonamides is 1. The van der Waals surface area contributed by atoms with Crippen molar-refractivity contribution in [3.8, 4) is 11.5 Å². The second-order valence-corrected chi connectivity index (χ2v) is 10.9. The Morgan fingerprint density at radius 1 is 1.06 bits per heavy atom. The normalized spacial score (nSPS) is 12.1. The molecule has 0 heterocycles. The molecule has 2 rings (SSSR count). The number of nitrogens with zero attached hydrogens (tertiary/aromatic N) is 2. The predicted molar refractivity (Wildman–Crippen MR) is 141 cm³/mol. The number of anilines is 1. The molecule has 0 aliphatic rings. The minimum absolute atomic E-state index is 0.105. The highest BCUT2D eigenvalue weighted by molar-refractivity contribution is 7.92. The van der Waals surface area contributed by atoms with Crippen LogP contribution in [0.5, 0.6) is 11.5 Å². The summed E-state index contributed by atoms with van der Waals surface area (Å²) in [5.41, 5.74) is 0.971. The summed E-state index contributed by atoms with van der Waals surface area (Å²) in [6.07, 6.45) is 1.35. The Hall–Kier alpha value is -2.98. The summed E-state index contributed by atoms with van der Waals surface area (Å²) in [6, 6.07) is 10.6. The molecule has 9 nitrogen and oxygen atoms in total. The van der Waals surface area contributed by atoms with E-state index in [-0.39, 0.29) is 29.2 Å². The van der Waals surface area contributed by atoms with Crippen LogP contribution >= 0.6 is 11.6 Å². The molecule has 0 aliphatic carbocycles. The molecule has 1 N–H and O–H groups in total. The Bertz CT molecular complexity index is 1150. The summed E-state index contributed by atoms with van der Waals surface area (Å²) in [6.45, 7) is 5.06. The van der Waals surface area contributed by atoms with Gasteiger partial charge in [-0.2, -0.15) is 0 Å². The Morgan fingerprint density at radius 3 is 2.17 bits per heavy atom. The van der Waals surface area contributed by atoms with Gasteiger partial charge in [-0.3, -0.25) is 13.9 Å². The second kappa shape index (κ2) is 12.8. The van der Waals surface area contributed by atoms with E-state index in [1.807, 2.05) is 13.8 Å². The van der Waals surface area contributed by atoms with Crippen molar-refractivity contribution in [2.24, 2.45) is 0 Å². The highest BCUT2D eigenvalue weighted by Crippen LogP contribution is 2.30. The van der Waals surface area contributed by atoms with Crippen LogP contribution in [0.3, 0.4) is 0 Å². The first kappa shape index (κ1) is 29.3. The van der Waals surface area contributed by atoms with Crippen molar-refractivity contribution < 1.29 is 27.5 Å². The topological polar surface area (TPSA) is 105 Å². The first-order valence-corrected chi connectivity index (χ1v) is 13.7. The van der Waals surface area contributed by atoms with Gasteiger partial charge in [0.05, 0.1) is 31.2 Å². The largest absolute Gasteiger partial charge is 0.497 e. The molecular formula is C25H34ClN3O6S. The maximum Gasteiger partial charge on any atom is 0.244 e. The van der Waals surface area contributed by atoms with Gasteiger partial charge in [0.1, 0.15) is 24.1 Å². The maximum atomic E-state index is 13.7. The lowest BCUT2D eigenvalue weighted by Gasteiger charge is -2.33. The minimum atomic E-state index is -3.87. The average molecular weight is 540 g/mol. The third kappa shape index (κ3) is 7.76. The van der Waals surface area contributed by atoms with Gasteiger partial charge in [0, 0.05) is 12.6 Å². The summed E-state index contributed by atoms with van der Waals surface area (Å²) in [5.74, 6) is 0.181. The number of carbonyl (C=O) groups is 2. The van der Waals surface area contributed by atoms with Gasteiger partial charge >= 0.3 is 0 Å². The summed E-state index contributed by atoms with van der Waals surface area (Å²) in [4.78, 5) is 28.1. The van der Waals surface area contributed by atoms with Gasteiger partial charge in [0.2, 0.25) is 21.8 Å². The highest BCUT2D eigenvalue weighted by atomic mass is 35.5. The zero-order chi connectivity index (χ0) is 27.0. The molecule has 0 aliphatic heterocycles. The number of hydrogen-bond acceptors (Lipinski definition) is 6. The lowest BCUT2D eigenvalue weighted by atomic mass is 10.1. The first-order chi connectivity index (χ1) is 16.9. The number of rotatable bonds is 12. The SMILES string of the molecule is CC[C@@H](C(=O)NC(C)C)N(Cc1ccc(OC)cc1)C(=O)CN(c1ccc(OC)c(Cl)c1)S(C)(=O)=O. The molecule has 2 aromatic rings. The van der Waals surface area contributed by atoms with Gasteiger partial charge in [-0.25, -0.2) is 8.42 Å². The molecule has 2 amide bonds. The molecule has 0 saturated heterocycles. The fraction of sp³-hybridized carbons (Fsp3) is 0.440. The molecule has 0 aromatic heterocycles. The molecule has 2 aromatic carbocycles. The van der Waals surface area contributed by atoms with Crippen molar-refractivity contribution in [3.63, 3.8) is 0 Å². The smallest absolute Gasteiger partial charge is 0.244 e. The number of amides is 2. The fourth-order valence-corrected chi connectivity index (χ4v) is 4.75. The zero-order valence-electron chi connectivity index (χ0n) is 21.4. The first-order valence-electron chi connectivity index (χ1n) is 11.4. The van der Waals surface area contributed by atoms with Gasteiger partial charge < -0.3 is 19.7 Å². The third-order valence-corrected chi connectivity index (χ3v) is 6.87. The number of methoxy groups -OCH3 is 2. The number of halogens is 1. The number of carbonyl (C=O) groups excluding carboxylic acids is 2. The van der Waals surface area contributed by atoms with Crippen LogP contribution in [0.15, 0.2) is 42.5 Å². The molecule has 0 bridgehead atoms. The van der Waals surface area contributed by atoms with E-state index in [4.69, 9.17) is 21.1 Å². The van der Waals surface area contributed by atoms with E-state index < -0.39 is 28.5 Å². The van der Waals surface area contributed by atoms with E-state index in [0.29, 0.717) is 17.9 Å². The summed E-state index contributed by atoms with van der Waals surface area (Å²) in [5, 5.41) is 3.06. The van der Waals surface area contributed by atoms with Crippen LogP contribution in [0.4, 0.5) is 5.69 Å². The monoisotopic (exact) mass is 539 g/mol. The van der Waals surface area contributed by atoms with E-state index in [2.05, 4.69) is 5.32 Å². The van der Waals surface area contributed by atoms with Crippen molar-refractivity contribution in [3.05, 3.63) is 53.1 Å². The fourth-order valence-electron chi connectivity index (χ4n) is 3.65. The number of hydrogen-bond donors (Lipinski definition) is 1. The van der Waals surface area contributed by atoms with Crippen LogP contribution in [-0.2, 0) is 26.2 Å². The average Bonchev–Trinajstić information content (AvgIpc) is 2.81. The van der Waals surface area contributed by atoms with E-state index in [1.165, 1.54) is 30.2 Å². The summed E-state index contributed by atoms with van der Waals surface area (Å²) >= 11 is 6.21. The predicted octanol–water partition coefficient (Wildman–Crippen LogP) is 3.46. The molecule has 0 radical (unpaired) electrons. The quantitative estimate of drug-likeness (QED) is 0.443. The molecule has 36 heavy (non-hydrogen) atoms. The lowest BCUT2D eigenvalue weighted by molar-refractivity contribution is -0.140. The number of nitrogens with one attached hydrogen (secondary N) is 1. The maximum absolute atomic E-state index is 13.7. The minimum Gasteiger partial charge on any atom is -0.497 e. The Kier molecular flexibility index (Phi) is 10.4. The summed E-state index contributed by atoms with van der Waals surface area (Å²) < 4.78 is 36.7. The molecular weight excluding hydrogens is 506 g/mol. The molecule has 0 saturated carbocycles. The molecule has 198 valence electrons. The van der Waals surface area contributed by atoms with Crippen molar-refractivity contribution in [2.75, 3.05) is 31.3 Å². The van der Waals surface area contributed by atoms with Gasteiger partial charge in [0.25, 0.3) is 0 Å². The Labute approximate surface area is 218 Å². The van der Waals surface area contributed by atoms with Crippen molar-refractivity contribution in [1.82, 2.24) is 10.2 Å². The van der Waals surface area contributed by atoms with E-state index in [9.17, 15) is 18.0 Å². The van der Waals surface area contributed by atoms with Crippen molar-refractivity contribution in [1.29, 1.82) is 0 Å². The highest BCUT2D eigenvalue weighted by Gasteiger charge is 2.32. The van der Waals surface area contributed by atoms with Gasteiger partial charge in [-0.15, -0.1) is 0 Å². The van der Waals surface area contributed by atoms with Crippen LogP contribution < -0.4 is 19.1 Å². The van der Waals surface area contributed by atoms with E-state index >= 15 is 0 Å². The van der Waals surface area contributed by atoms with Crippen LogP contribution in [0.25, 0.3) is 0 Å². The van der Waals surface area contributed by atoms with Crippen molar-refractivity contribution in [2.45, 2.75) is 45.8 Å². The van der Waals surface area contributed by atoms with Crippen LogP contribution in [0.1, 0.15) is 32.8 Å². The second-order valence-electron chi connectivity index (χ2n) is 8.55. The van der Waals surface area contributed by atoms with Gasteiger partial charge in [0.15, 0.2) is 0 Å². The summed E-state index contributed by atoms with van der Waals surface area (Å²) in [7, 11) is -0.865. The van der Waals surface area contributed by atoms with Crippen molar-refractivity contribution >= 4 is 39.1 Å². The Balaban J connectivity index is 2.46. The third-order valence-electron chi connectivity index (χ3n) is 5.43. The van der Waals surface area contributed by atoms with Crippen LogP contribution in [0.2, 0.25) is 5.02 Å². The molecule has 0 unspecified atom stereocenters. The molecule has 0 spiro atoms. The molecule has 11 heteroatoms. The van der Waals surface area contributed by atoms with E-state index in [0.717, 1.165) is 16.1 Å².